The fraction of sp³-hybridized carbons (Fsp3) is 0.722. The Morgan fingerprint density at radius 3 is 3.10 bits per heavy atom. The second-order valence-corrected chi connectivity index (χ2v) is 6.82. The van der Waals surface area contributed by atoms with Crippen molar-refractivity contribution in [3.05, 3.63) is 23.4 Å². The topological polar surface area (TPSA) is 37.0 Å². The van der Waals surface area contributed by atoms with E-state index >= 15 is 0 Å². The Kier molecular flexibility index (Phi) is 5.13. The normalized spacial score (nSPS) is 22.6. The summed E-state index contributed by atoms with van der Waals surface area (Å²) in [6.07, 6.45) is 8.91. The van der Waals surface area contributed by atoms with Crippen LogP contribution in [0.15, 0.2) is 12.1 Å². The van der Waals surface area contributed by atoms with E-state index in [0.717, 1.165) is 30.6 Å². The predicted molar refractivity (Wildman–Crippen MR) is 88.7 cm³/mol. The lowest BCUT2D eigenvalue weighted by atomic mass is 9.88. The zero-order valence-corrected chi connectivity index (χ0v) is 13.3. The third kappa shape index (κ3) is 3.97. The van der Waals surface area contributed by atoms with Gasteiger partial charge in [-0.15, -0.1) is 0 Å². The number of nitrogens with one attached hydrogen (secondary N) is 2. The van der Waals surface area contributed by atoms with Gasteiger partial charge in [-0.2, -0.15) is 0 Å². The van der Waals surface area contributed by atoms with E-state index in [1.54, 1.807) is 0 Å². The summed E-state index contributed by atoms with van der Waals surface area (Å²) >= 11 is 0. The molecule has 3 heterocycles. The lowest BCUT2D eigenvalue weighted by Gasteiger charge is -2.18. The van der Waals surface area contributed by atoms with Crippen LogP contribution in [0.1, 0.15) is 50.3 Å². The fourth-order valence-corrected chi connectivity index (χ4v) is 3.68. The Hall–Kier alpha value is -1.09. The van der Waals surface area contributed by atoms with Gasteiger partial charge in [0.05, 0.1) is 0 Å². The number of aryl methyl sites for hydroxylation is 2. The smallest absolute Gasteiger partial charge is 0.129 e. The van der Waals surface area contributed by atoms with Crippen LogP contribution in [0, 0.1) is 11.8 Å². The molecule has 3 rings (SSSR count). The fourth-order valence-electron chi connectivity index (χ4n) is 3.68. The quantitative estimate of drug-likeness (QED) is 0.787. The second kappa shape index (κ2) is 7.26. The van der Waals surface area contributed by atoms with E-state index in [0.29, 0.717) is 0 Å². The van der Waals surface area contributed by atoms with Crippen LogP contribution in [-0.2, 0) is 12.8 Å². The van der Waals surface area contributed by atoms with Gasteiger partial charge in [-0.05, 0) is 68.7 Å². The van der Waals surface area contributed by atoms with Gasteiger partial charge in [-0.1, -0.05) is 25.8 Å². The van der Waals surface area contributed by atoms with Crippen molar-refractivity contribution in [2.24, 2.45) is 11.8 Å². The average molecular weight is 287 g/mol. The Morgan fingerprint density at radius 1 is 1.29 bits per heavy atom. The summed E-state index contributed by atoms with van der Waals surface area (Å²) in [7, 11) is 0. The summed E-state index contributed by atoms with van der Waals surface area (Å²) in [6, 6.07) is 4.51. The van der Waals surface area contributed by atoms with Gasteiger partial charge in [0.1, 0.15) is 5.82 Å². The van der Waals surface area contributed by atoms with Crippen LogP contribution >= 0.6 is 0 Å². The first-order valence-corrected chi connectivity index (χ1v) is 8.76. The molecule has 0 bridgehead atoms. The molecule has 1 fully saturated rings. The zero-order valence-electron chi connectivity index (χ0n) is 13.3. The number of fused-ring (bicyclic) bond motifs is 1. The first-order valence-electron chi connectivity index (χ1n) is 8.76. The Bertz CT molecular complexity index is 452. The summed E-state index contributed by atoms with van der Waals surface area (Å²) in [5.74, 6) is 2.93. The van der Waals surface area contributed by atoms with Gasteiger partial charge in [0.15, 0.2) is 0 Å². The molecule has 0 amide bonds. The number of anilines is 1. The second-order valence-electron chi connectivity index (χ2n) is 6.82. The summed E-state index contributed by atoms with van der Waals surface area (Å²) < 4.78 is 0. The molecule has 2 N–H and O–H groups in total. The molecular weight excluding hydrogens is 258 g/mol. The van der Waals surface area contributed by atoms with Crippen molar-refractivity contribution in [1.29, 1.82) is 0 Å². The monoisotopic (exact) mass is 287 g/mol. The van der Waals surface area contributed by atoms with Gasteiger partial charge < -0.3 is 10.6 Å². The molecular formula is C18H29N3. The molecule has 1 aromatic heterocycles. The van der Waals surface area contributed by atoms with Crippen molar-refractivity contribution in [1.82, 2.24) is 10.3 Å². The summed E-state index contributed by atoms with van der Waals surface area (Å²) in [5, 5.41) is 6.91. The van der Waals surface area contributed by atoms with Crippen LogP contribution in [0.5, 0.6) is 0 Å². The Labute approximate surface area is 128 Å². The highest BCUT2D eigenvalue weighted by atomic mass is 15.0. The number of unbranched alkanes of at least 4 members (excludes halogenated alkanes) is 1. The van der Waals surface area contributed by atoms with E-state index in [1.807, 2.05) is 0 Å². The third-order valence-electron chi connectivity index (χ3n) is 5.20. The van der Waals surface area contributed by atoms with Crippen LogP contribution in [0.4, 0.5) is 5.82 Å². The largest absolute Gasteiger partial charge is 0.370 e. The van der Waals surface area contributed by atoms with Gasteiger partial charge in [0.2, 0.25) is 0 Å². The highest BCUT2D eigenvalue weighted by Crippen LogP contribution is 2.24. The highest BCUT2D eigenvalue weighted by Gasteiger charge is 2.20. The molecule has 0 aromatic carbocycles. The number of nitrogens with zero attached hydrogens (tertiary/aromatic N) is 1. The van der Waals surface area contributed by atoms with E-state index in [4.69, 9.17) is 4.98 Å². The van der Waals surface area contributed by atoms with Crippen molar-refractivity contribution in [3.8, 4) is 0 Å². The molecule has 1 aromatic rings. The van der Waals surface area contributed by atoms with Gasteiger partial charge in [-0.25, -0.2) is 4.98 Å². The van der Waals surface area contributed by atoms with Crippen molar-refractivity contribution < 1.29 is 0 Å². The van der Waals surface area contributed by atoms with Crippen molar-refractivity contribution in [2.45, 2.75) is 51.9 Å². The molecule has 0 aliphatic carbocycles. The van der Waals surface area contributed by atoms with E-state index in [-0.39, 0.29) is 0 Å². The molecule has 1 saturated heterocycles. The number of rotatable bonds is 6. The summed E-state index contributed by atoms with van der Waals surface area (Å²) in [6.45, 7) is 5.97. The van der Waals surface area contributed by atoms with Crippen LogP contribution in [0.3, 0.4) is 0 Å². The van der Waals surface area contributed by atoms with Gasteiger partial charge in [-0.3, -0.25) is 0 Å². The lowest BCUT2D eigenvalue weighted by molar-refractivity contribution is 0.352. The van der Waals surface area contributed by atoms with E-state index < -0.39 is 0 Å². The van der Waals surface area contributed by atoms with Crippen LogP contribution < -0.4 is 10.6 Å². The molecule has 2 aliphatic heterocycles. The van der Waals surface area contributed by atoms with E-state index in [2.05, 4.69) is 29.7 Å². The first-order chi connectivity index (χ1) is 10.3. The minimum absolute atomic E-state index is 0.873. The maximum absolute atomic E-state index is 4.79. The zero-order chi connectivity index (χ0) is 14.5. The lowest BCUT2D eigenvalue weighted by Crippen LogP contribution is -2.15. The number of aromatic nitrogens is 1. The SMILES string of the molecule is CC(CCCCc1ccc2c(n1)NCCC2)[C@@H]1CCNC1. The Morgan fingerprint density at radius 2 is 2.24 bits per heavy atom. The third-order valence-corrected chi connectivity index (χ3v) is 5.20. The molecule has 0 radical (unpaired) electrons. The molecule has 1 unspecified atom stereocenters. The van der Waals surface area contributed by atoms with Gasteiger partial charge in [0.25, 0.3) is 0 Å². The van der Waals surface area contributed by atoms with Gasteiger partial charge in [0, 0.05) is 12.2 Å². The first kappa shape index (κ1) is 14.8. The average Bonchev–Trinajstić information content (AvgIpc) is 3.06. The van der Waals surface area contributed by atoms with Crippen molar-refractivity contribution in [2.75, 3.05) is 25.0 Å². The maximum Gasteiger partial charge on any atom is 0.129 e. The molecule has 0 saturated carbocycles. The van der Waals surface area contributed by atoms with Crippen molar-refractivity contribution >= 4 is 5.82 Å². The molecule has 2 aliphatic rings. The minimum atomic E-state index is 0.873. The van der Waals surface area contributed by atoms with E-state index in [1.165, 1.54) is 62.9 Å². The predicted octanol–water partition coefficient (Wildman–Crippen LogP) is 3.40. The van der Waals surface area contributed by atoms with E-state index in [9.17, 15) is 0 Å². The van der Waals surface area contributed by atoms with Crippen LogP contribution in [0.2, 0.25) is 0 Å². The van der Waals surface area contributed by atoms with Crippen LogP contribution in [-0.4, -0.2) is 24.6 Å². The standard InChI is InChI=1S/C18H29N3/c1-14(16-10-12-19-13-16)5-2-3-7-17-9-8-15-6-4-11-20-18(15)21-17/h8-9,14,16,19H,2-7,10-13H2,1H3,(H,20,21)/t14?,16-/m1/s1. The molecule has 21 heavy (non-hydrogen) atoms. The number of hydrogen-bond acceptors (Lipinski definition) is 3. The summed E-state index contributed by atoms with van der Waals surface area (Å²) in [4.78, 5) is 4.79. The molecule has 3 nitrogen and oxygen atoms in total. The minimum Gasteiger partial charge on any atom is -0.370 e. The molecule has 116 valence electrons. The highest BCUT2D eigenvalue weighted by molar-refractivity contribution is 5.46. The molecule has 0 spiro atoms. The maximum atomic E-state index is 4.79. The Balaban J connectivity index is 1.41. The molecule has 3 heteroatoms. The summed E-state index contributed by atoms with van der Waals surface area (Å²) in [5.41, 5.74) is 2.66. The van der Waals surface area contributed by atoms with Crippen molar-refractivity contribution in [3.63, 3.8) is 0 Å². The number of pyridine rings is 1. The molecule has 2 atom stereocenters. The van der Waals surface area contributed by atoms with Gasteiger partial charge >= 0.3 is 0 Å². The number of hydrogen-bond donors (Lipinski definition) is 2. The van der Waals surface area contributed by atoms with Crippen LogP contribution in [0.25, 0.3) is 0 Å².